The summed E-state index contributed by atoms with van der Waals surface area (Å²) in [4.78, 5) is 13.8. The summed E-state index contributed by atoms with van der Waals surface area (Å²) < 4.78 is 6.02. The van der Waals surface area contributed by atoms with Gasteiger partial charge in [0.05, 0.1) is 0 Å². The average molecular weight is 361 g/mol. The molecule has 2 aromatic carbocycles. The van der Waals surface area contributed by atoms with Gasteiger partial charge in [-0.2, -0.15) is 0 Å². The van der Waals surface area contributed by atoms with Crippen molar-refractivity contribution in [3.63, 3.8) is 0 Å². The molecular weight excluding hydrogens is 342 g/mol. The van der Waals surface area contributed by atoms with E-state index in [9.17, 15) is 4.79 Å². The maximum atomic E-state index is 12.6. The van der Waals surface area contributed by atoms with Crippen molar-refractivity contribution in [1.29, 1.82) is 0 Å². The van der Waals surface area contributed by atoms with Crippen molar-refractivity contribution in [2.75, 3.05) is 0 Å². The first-order valence-corrected chi connectivity index (χ1v) is 9.53. The van der Waals surface area contributed by atoms with Crippen LogP contribution in [0.2, 0.25) is 0 Å². The Hall–Kier alpha value is -2.85. The zero-order chi connectivity index (χ0) is 17.8. The Morgan fingerprint density at radius 3 is 2.58 bits per heavy atom. The summed E-state index contributed by atoms with van der Waals surface area (Å²) in [6, 6.07) is 23.6. The zero-order valence-electron chi connectivity index (χ0n) is 14.2. The third kappa shape index (κ3) is 3.70. The van der Waals surface area contributed by atoms with Gasteiger partial charge in [0.25, 0.3) is 0 Å². The smallest absolute Gasteiger partial charge is 0.221 e. The number of para-hydroxylation sites is 1. The number of hydrogen-bond donors (Lipinski definition) is 1. The molecule has 0 saturated heterocycles. The lowest BCUT2D eigenvalue weighted by molar-refractivity contribution is -0.121. The summed E-state index contributed by atoms with van der Waals surface area (Å²) in [5, 5.41) is 6.22. The monoisotopic (exact) mass is 361 g/mol. The number of carbonyl (C=O) groups excluding carboxylic acids is 1. The second-order valence-corrected chi connectivity index (χ2v) is 7.21. The SMILES string of the molecule is O=C(CCc1cccs1)N[C@H](c1ccccc1)c1cc2ccccc2o1. The van der Waals surface area contributed by atoms with Crippen LogP contribution in [0, 0.1) is 0 Å². The maximum Gasteiger partial charge on any atom is 0.221 e. The second kappa shape index (κ2) is 7.58. The molecule has 1 N–H and O–H groups in total. The van der Waals surface area contributed by atoms with Crippen molar-refractivity contribution in [2.24, 2.45) is 0 Å². The quantitative estimate of drug-likeness (QED) is 0.504. The Balaban J connectivity index is 1.57. The van der Waals surface area contributed by atoms with E-state index < -0.39 is 0 Å². The number of thiophene rings is 1. The zero-order valence-corrected chi connectivity index (χ0v) is 15.0. The van der Waals surface area contributed by atoms with Crippen molar-refractivity contribution in [1.82, 2.24) is 5.32 Å². The molecule has 0 fully saturated rings. The van der Waals surface area contributed by atoms with Gasteiger partial charge in [-0.1, -0.05) is 54.6 Å². The van der Waals surface area contributed by atoms with E-state index in [2.05, 4.69) is 11.4 Å². The number of nitrogens with one attached hydrogen (secondary N) is 1. The van der Waals surface area contributed by atoms with Crippen LogP contribution in [-0.2, 0) is 11.2 Å². The van der Waals surface area contributed by atoms with Gasteiger partial charge in [0.1, 0.15) is 17.4 Å². The van der Waals surface area contributed by atoms with E-state index in [0.29, 0.717) is 6.42 Å². The fraction of sp³-hybridized carbons (Fsp3) is 0.136. The molecule has 2 aromatic heterocycles. The summed E-state index contributed by atoms with van der Waals surface area (Å²) in [5.41, 5.74) is 1.84. The number of rotatable bonds is 6. The molecule has 0 radical (unpaired) electrons. The van der Waals surface area contributed by atoms with E-state index in [4.69, 9.17) is 4.42 Å². The van der Waals surface area contributed by atoms with E-state index in [1.54, 1.807) is 11.3 Å². The molecule has 26 heavy (non-hydrogen) atoms. The highest BCUT2D eigenvalue weighted by Gasteiger charge is 2.20. The predicted octanol–water partition coefficient (Wildman–Crippen LogP) is 5.33. The van der Waals surface area contributed by atoms with Crippen LogP contribution < -0.4 is 5.32 Å². The van der Waals surface area contributed by atoms with Crippen molar-refractivity contribution in [2.45, 2.75) is 18.9 Å². The molecule has 0 spiro atoms. The summed E-state index contributed by atoms with van der Waals surface area (Å²) in [7, 11) is 0. The normalized spacial score (nSPS) is 12.2. The van der Waals surface area contributed by atoms with Crippen LogP contribution in [0.15, 0.2) is 82.6 Å². The lowest BCUT2D eigenvalue weighted by atomic mass is 10.0. The van der Waals surface area contributed by atoms with Crippen LogP contribution in [0.25, 0.3) is 11.0 Å². The number of furan rings is 1. The Kier molecular flexibility index (Phi) is 4.84. The topological polar surface area (TPSA) is 42.2 Å². The van der Waals surface area contributed by atoms with Gasteiger partial charge in [-0.15, -0.1) is 11.3 Å². The van der Waals surface area contributed by atoms with Crippen LogP contribution in [-0.4, -0.2) is 5.91 Å². The Morgan fingerprint density at radius 2 is 1.81 bits per heavy atom. The summed E-state index contributed by atoms with van der Waals surface area (Å²) in [6.07, 6.45) is 1.22. The number of fused-ring (bicyclic) bond motifs is 1. The molecule has 4 rings (SSSR count). The maximum absolute atomic E-state index is 12.6. The van der Waals surface area contributed by atoms with E-state index >= 15 is 0 Å². The molecule has 0 aliphatic carbocycles. The summed E-state index contributed by atoms with van der Waals surface area (Å²) >= 11 is 1.68. The molecule has 0 unspecified atom stereocenters. The van der Waals surface area contributed by atoms with E-state index in [1.807, 2.05) is 72.1 Å². The van der Waals surface area contributed by atoms with Gasteiger partial charge in [-0.3, -0.25) is 4.79 Å². The number of hydrogen-bond acceptors (Lipinski definition) is 3. The highest BCUT2D eigenvalue weighted by Crippen LogP contribution is 2.28. The van der Waals surface area contributed by atoms with Crippen molar-refractivity contribution in [3.05, 3.63) is 94.4 Å². The number of aryl methyl sites for hydroxylation is 1. The second-order valence-electron chi connectivity index (χ2n) is 6.18. The Morgan fingerprint density at radius 1 is 1.00 bits per heavy atom. The van der Waals surface area contributed by atoms with E-state index in [0.717, 1.165) is 28.7 Å². The number of benzene rings is 2. The first-order chi connectivity index (χ1) is 12.8. The molecule has 2 heterocycles. The van der Waals surface area contributed by atoms with Crippen LogP contribution in [0.3, 0.4) is 0 Å². The lowest BCUT2D eigenvalue weighted by Gasteiger charge is -2.17. The molecule has 0 saturated carbocycles. The molecule has 3 nitrogen and oxygen atoms in total. The van der Waals surface area contributed by atoms with Crippen molar-refractivity contribution >= 4 is 28.2 Å². The third-order valence-corrected chi connectivity index (χ3v) is 5.28. The molecule has 1 amide bonds. The van der Waals surface area contributed by atoms with Crippen LogP contribution in [0.5, 0.6) is 0 Å². The van der Waals surface area contributed by atoms with Gasteiger partial charge in [-0.05, 0) is 35.6 Å². The van der Waals surface area contributed by atoms with Gasteiger partial charge >= 0.3 is 0 Å². The van der Waals surface area contributed by atoms with Crippen LogP contribution in [0.1, 0.15) is 28.7 Å². The molecule has 4 heteroatoms. The highest BCUT2D eigenvalue weighted by molar-refractivity contribution is 7.09. The first-order valence-electron chi connectivity index (χ1n) is 8.65. The van der Waals surface area contributed by atoms with E-state index in [1.165, 1.54) is 4.88 Å². The minimum atomic E-state index is -0.292. The predicted molar refractivity (Wildman–Crippen MR) is 105 cm³/mol. The largest absolute Gasteiger partial charge is 0.459 e. The first kappa shape index (κ1) is 16.6. The summed E-state index contributed by atoms with van der Waals surface area (Å²) in [6.45, 7) is 0. The Labute approximate surface area is 156 Å². The van der Waals surface area contributed by atoms with Gasteiger partial charge in [0.15, 0.2) is 0 Å². The fourth-order valence-electron chi connectivity index (χ4n) is 3.03. The minimum Gasteiger partial charge on any atom is -0.459 e. The standard InChI is InChI=1S/C22H19NO2S/c24-21(13-12-18-10-6-14-26-18)23-22(16-7-2-1-3-8-16)20-15-17-9-4-5-11-19(17)25-20/h1-11,14-15,22H,12-13H2,(H,23,24)/t22-/m1/s1. The van der Waals surface area contributed by atoms with Crippen LogP contribution >= 0.6 is 11.3 Å². The molecule has 0 aliphatic heterocycles. The molecule has 0 bridgehead atoms. The van der Waals surface area contributed by atoms with Gasteiger partial charge in [0.2, 0.25) is 5.91 Å². The third-order valence-electron chi connectivity index (χ3n) is 4.35. The lowest BCUT2D eigenvalue weighted by Crippen LogP contribution is -2.29. The molecule has 0 aliphatic rings. The van der Waals surface area contributed by atoms with Gasteiger partial charge in [-0.25, -0.2) is 0 Å². The number of carbonyl (C=O) groups is 1. The minimum absolute atomic E-state index is 0.0210. The van der Waals surface area contributed by atoms with Crippen LogP contribution in [0.4, 0.5) is 0 Å². The van der Waals surface area contributed by atoms with E-state index in [-0.39, 0.29) is 11.9 Å². The highest BCUT2D eigenvalue weighted by atomic mass is 32.1. The van der Waals surface area contributed by atoms with Gasteiger partial charge < -0.3 is 9.73 Å². The molecule has 4 aromatic rings. The molecule has 1 atom stereocenters. The summed E-state index contributed by atoms with van der Waals surface area (Å²) in [5.74, 6) is 0.773. The number of amides is 1. The van der Waals surface area contributed by atoms with Gasteiger partial charge in [0, 0.05) is 16.7 Å². The molecule has 130 valence electrons. The molecular formula is C22H19NO2S. The van der Waals surface area contributed by atoms with Crippen molar-refractivity contribution < 1.29 is 9.21 Å². The average Bonchev–Trinajstić information content (AvgIpc) is 3.34. The Bertz CT molecular complexity index is 956. The fourth-order valence-corrected chi connectivity index (χ4v) is 3.74. The van der Waals surface area contributed by atoms with Crippen molar-refractivity contribution in [3.8, 4) is 0 Å².